The van der Waals surface area contributed by atoms with E-state index in [1.165, 1.54) is 33.4 Å². The summed E-state index contributed by atoms with van der Waals surface area (Å²) in [5.41, 5.74) is 7.97. The van der Waals surface area contributed by atoms with Crippen LogP contribution in [0.1, 0.15) is 63.8 Å². The Labute approximate surface area is 762 Å². The molecule has 28 heteroatoms. The Morgan fingerprint density at radius 3 is 0.826 bits per heavy atom. The molecule has 0 heterocycles. The largest absolute Gasteiger partial charge is 1.00 e. The van der Waals surface area contributed by atoms with Gasteiger partial charge in [-0.1, -0.05) is 187 Å². The smallest absolute Gasteiger partial charge is 0.389 e. The van der Waals surface area contributed by atoms with Gasteiger partial charge in [0.15, 0.2) is 0 Å². The van der Waals surface area contributed by atoms with Crippen molar-refractivity contribution in [3.8, 4) is 0 Å². The molecule has 0 fully saturated rings. The molecule has 0 spiro atoms. The first-order valence-electron chi connectivity index (χ1n) is 37.4. The summed E-state index contributed by atoms with van der Waals surface area (Å²) in [5, 5.41) is 0. The highest BCUT2D eigenvalue weighted by atomic mass is 35.5. The predicted octanol–water partition coefficient (Wildman–Crippen LogP) is -17.3. The van der Waals surface area contributed by atoms with Crippen molar-refractivity contribution in [1.29, 1.82) is 0 Å². The molecule has 10 unspecified atom stereocenters. The minimum Gasteiger partial charge on any atom is -1.00 e. The number of allylic oxidation sites excluding steroid dienone is 6. The normalized spacial score (nSPS) is 18.0. The van der Waals surface area contributed by atoms with Crippen LogP contribution in [0.15, 0.2) is 175 Å². The summed E-state index contributed by atoms with van der Waals surface area (Å²) in [6.07, 6.45) is 22.1. The molecule has 18 nitrogen and oxygen atoms in total. The Morgan fingerprint density at radius 1 is 0.348 bits per heavy atom. The van der Waals surface area contributed by atoms with Gasteiger partial charge in [0.05, 0.1) is 145 Å². The number of halogens is 10. The molecular formula is C87H154Cl10N10O8. The van der Waals surface area contributed by atoms with Gasteiger partial charge in [0.25, 0.3) is 0 Å². The second kappa shape index (κ2) is 57.5. The van der Waals surface area contributed by atoms with Crippen LogP contribution in [0.3, 0.4) is 0 Å². The second-order valence-corrected chi connectivity index (χ2v) is 38.7. The van der Waals surface area contributed by atoms with Crippen LogP contribution >= 0.6 is 0 Å². The molecule has 3 aliphatic rings. The van der Waals surface area contributed by atoms with Gasteiger partial charge < -0.3 is 151 Å². The minimum atomic E-state index is -0.400. The Kier molecular flexibility index (Phi) is 65.9. The summed E-state index contributed by atoms with van der Waals surface area (Å²) < 4.78 is 6.11. The average molecular weight is 1820 g/mol. The number of hydrogen-bond donors (Lipinski definition) is 0. The van der Waals surface area contributed by atoms with Gasteiger partial charge in [0.1, 0.15) is 123 Å². The monoisotopic (exact) mass is 1820 g/mol. The van der Waals surface area contributed by atoms with E-state index in [9.17, 15) is 19.2 Å². The summed E-state index contributed by atoms with van der Waals surface area (Å²) in [4.78, 5) is 70.3. The molecular weight excluding hydrogens is 1670 g/mol. The minimum absolute atomic E-state index is 0. The third kappa shape index (κ3) is 62.1. The molecule has 115 heavy (non-hydrogen) atoms. The Bertz CT molecular complexity index is 3240. The lowest BCUT2D eigenvalue weighted by Crippen LogP contribution is -3.00. The first kappa shape index (κ1) is 132. The fourth-order valence-corrected chi connectivity index (χ4v) is 12.4. The van der Waals surface area contributed by atoms with Crippen LogP contribution in [-0.4, -0.2) is 300 Å². The van der Waals surface area contributed by atoms with Gasteiger partial charge >= 0.3 is 23.9 Å². The molecule has 0 bridgehead atoms. The van der Waals surface area contributed by atoms with Gasteiger partial charge in [-0.05, 0) is 35.5 Å². The van der Waals surface area contributed by atoms with Gasteiger partial charge in [0, 0.05) is 45.9 Å². The highest BCUT2D eigenvalue weighted by Gasteiger charge is 2.42. The van der Waals surface area contributed by atoms with Crippen LogP contribution in [-0.2, 0) is 51.6 Å². The second-order valence-electron chi connectivity index (χ2n) is 38.7. The summed E-state index contributed by atoms with van der Waals surface area (Å²) in [6, 6.07) is 31.9. The summed E-state index contributed by atoms with van der Waals surface area (Å²) in [5.74, 6) is 0.248. The number of likely N-dealkylation sites (N-methyl/N-ethyl adjacent to an activating group) is 3. The number of benzene rings is 3. The Hall–Kier alpha value is -3.78. The van der Waals surface area contributed by atoms with Crippen LogP contribution in [0.4, 0.5) is 0 Å². The number of hydroxylamine groups is 12. The van der Waals surface area contributed by atoms with Crippen LogP contribution in [0.5, 0.6) is 0 Å². The van der Waals surface area contributed by atoms with Crippen LogP contribution in [0.25, 0.3) is 0 Å². The molecule has 0 saturated carbocycles. The molecule has 0 aliphatic heterocycles. The van der Waals surface area contributed by atoms with Crippen LogP contribution in [0, 0.1) is 53.3 Å². The summed E-state index contributed by atoms with van der Waals surface area (Å²) in [6.45, 7) is 18.8. The van der Waals surface area contributed by atoms with Crippen molar-refractivity contribution in [1.82, 2.24) is 0 Å². The maximum absolute atomic E-state index is 13.6. The number of carbonyl (C=O) groups is 4. The van der Waals surface area contributed by atoms with Gasteiger partial charge in [-0.15, -0.1) is 18.6 Å². The van der Waals surface area contributed by atoms with Gasteiger partial charge in [-0.25, -0.2) is 19.2 Å². The van der Waals surface area contributed by atoms with Crippen molar-refractivity contribution in [3.63, 3.8) is 0 Å². The standard InChI is InChI=1S/C27H46N3O2.2C17H32N2O2.2C10H16N.C6H12NO2.10ClH/c1-21-16-17-22(20-28(2,3)4)18-24(21)25(27(31)32-30(8,9)10)19-26(29(5,6)7)23-14-12-11-13-15-23;2*1-13-9-10-15(12-18(3,4)5)11-16(13)14(2)17(20)21-19(6,7)8;2*1-11(2,3)9-10-7-5-4-6-8-10;1-5-6(8)9-7(2,3)4;;;;;;;;;;/h11-18,21,24-26H,19-20H2,1-10H3;2*9-11,13-14,16H,12H2,1-8H3;2*4-8H,9H2,1-3H3;5H,1H2,2-4H3;10*1H/q+3;2*+2;3*+1;;;;;;;;;;/p-10. The molecule has 0 amide bonds. The fourth-order valence-electron chi connectivity index (χ4n) is 12.4. The summed E-state index contributed by atoms with van der Waals surface area (Å²) >= 11 is 0. The topological polar surface area (TPSA) is 105 Å². The van der Waals surface area contributed by atoms with E-state index in [2.05, 4.69) is 294 Å². The third-order valence-corrected chi connectivity index (χ3v) is 16.7. The van der Waals surface area contributed by atoms with E-state index in [0.29, 0.717) is 11.8 Å². The number of nitrogens with zero attached hydrogens (tertiary/aromatic N) is 10. The maximum Gasteiger partial charge on any atom is 0.389 e. The van der Waals surface area contributed by atoms with E-state index in [1.54, 1.807) is 21.1 Å². The quantitative estimate of drug-likeness (QED) is 0.0469. The molecule has 3 aliphatic carbocycles. The highest BCUT2D eigenvalue weighted by molar-refractivity contribution is 5.80. The van der Waals surface area contributed by atoms with E-state index in [4.69, 9.17) is 19.4 Å². The van der Waals surface area contributed by atoms with Crippen LogP contribution < -0.4 is 124 Å². The number of hydrogen-bond acceptors (Lipinski definition) is 8. The fraction of sp³-hybridized carbons (Fsp3) is 0.586. The lowest BCUT2D eigenvalue weighted by atomic mass is 9.74. The van der Waals surface area contributed by atoms with Crippen molar-refractivity contribution in [2.45, 2.75) is 60.2 Å². The molecule has 0 radical (unpaired) electrons. The lowest BCUT2D eigenvalue weighted by Gasteiger charge is -2.39. The van der Waals surface area contributed by atoms with Crippen LogP contribution in [0.2, 0.25) is 0 Å². The SMILES string of the molecule is C=CC(=O)O[N+](C)(C)C.CC1C=CC(C[N+](C)(C)C)=CC1C(C)C(=O)O[N+](C)(C)C.CC1C=CC(C[N+](C)(C)C)=CC1C(C)C(=O)O[N+](C)(C)C.CC1C=CC(C[N+](C)(C)C)=CC1C(CC(c1ccccc1)[N+](C)(C)C)C(=O)O[N+](C)(C)C.C[N+](C)(C)Cc1ccccc1.C[N+](C)(C)Cc1ccccc1.[Cl-].[Cl-].[Cl-].[Cl-].[Cl-].[Cl-].[Cl-].[Cl-].[Cl-].[Cl-]. The maximum atomic E-state index is 13.6. The Balaban J connectivity index is -0.000000148. The van der Waals surface area contributed by atoms with E-state index < -0.39 is 5.97 Å². The molecule has 0 saturated heterocycles. The van der Waals surface area contributed by atoms with Crippen molar-refractivity contribution in [2.24, 2.45) is 53.3 Å². The Morgan fingerprint density at radius 2 is 0.591 bits per heavy atom. The number of rotatable bonds is 25. The number of carbonyl (C=O) groups excluding carboxylic acids is 4. The zero-order valence-electron chi connectivity index (χ0n) is 76.7. The van der Waals surface area contributed by atoms with Gasteiger partial charge in [0.2, 0.25) is 0 Å². The predicted molar refractivity (Wildman–Crippen MR) is 435 cm³/mol. The van der Waals surface area contributed by atoms with Crippen molar-refractivity contribution >= 4 is 23.9 Å². The lowest BCUT2D eigenvalue weighted by molar-refractivity contribution is -1.04. The zero-order valence-corrected chi connectivity index (χ0v) is 84.2. The number of quaternary nitrogens is 10. The van der Waals surface area contributed by atoms with Crippen molar-refractivity contribution in [2.75, 3.05) is 231 Å². The first-order valence-corrected chi connectivity index (χ1v) is 37.4. The zero-order chi connectivity index (χ0) is 81.3. The highest BCUT2D eigenvalue weighted by Crippen LogP contribution is 2.40. The molecule has 3 aromatic rings. The van der Waals surface area contributed by atoms with Crippen molar-refractivity contribution in [3.05, 3.63) is 192 Å². The van der Waals surface area contributed by atoms with E-state index in [0.717, 1.165) is 72.1 Å². The third-order valence-electron chi connectivity index (χ3n) is 16.7. The van der Waals surface area contributed by atoms with Gasteiger partial charge in [-0.2, -0.15) is 0 Å². The van der Waals surface area contributed by atoms with Gasteiger partial charge in [-0.3, -0.25) is 19.4 Å². The molecule has 0 aromatic heterocycles. The molecule has 670 valence electrons. The first-order chi connectivity index (χ1) is 47.5. The van der Waals surface area contributed by atoms with E-state index in [-0.39, 0.29) is 208 Å². The van der Waals surface area contributed by atoms with Crippen molar-refractivity contribution < 1.29 is 208 Å². The molecule has 3 aromatic carbocycles. The molecule has 10 atom stereocenters. The van der Waals surface area contributed by atoms with E-state index in [1.807, 2.05) is 83.3 Å². The average Bonchev–Trinajstić information content (AvgIpc) is 0.796. The van der Waals surface area contributed by atoms with E-state index >= 15 is 0 Å². The molecule has 0 N–H and O–H groups in total. The molecule has 6 rings (SSSR count). The summed E-state index contributed by atoms with van der Waals surface area (Å²) in [7, 11) is 61.6.